The quantitative estimate of drug-likeness (QED) is 0.806. The maximum Gasteiger partial charge on any atom is 0.0702 e. The Bertz CT molecular complexity index is 464. The number of aliphatic hydroxyl groups excluding tert-OH is 1. The smallest absolute Gasteiger partial charge is 0.0702 e. The molecule has 1 aromatic heterocycles. The van der Waals surface area contributed by atoms with Gasteiger partial charge in [-0.1, -0.05) is 18.2 Å². The molecule has 2 nitrogen and oxygen atoms in total. The molecule has 0 bridgehead atoms. The molecule has 0 fully saturated rings. The van der Waals surface area contributed by atoms with Gasteiger partial charge in [0.1, 0.15) is 0 Å². The minimum atomic E-state index is 0.115. The fourth-order valence-electron chi connectivity index (χ4n) is 2.03. The van der Waals surface area contributed by atoms with E-state index < -0.39 is 0 Å². The minimum absolute atomic E-state index is 0.115. The summed E-state index contributed by atoms with van der Waals surface area (Å²) >= 11 is 1.88. The van der Waals surface area contributed by atoms with Crippen LogP contribution in [0.2, 0.25) is 0 Å². The molecule has 2 rings (SSSR count). The Balaban J connectivity index is 2.30. The molecule has 0 aliphatic carbocycles. The van der Waals surface area contributed by atoms with Crippen LogP contribution >= 0.6 is 11.8 Å². The maximum absolute atomic E-state index is 9.33. The van der Waals surface area contributed by atoms with E-state index in [1.54, 1.807) is 0 Å². The van der Waals surface area contributed by atoms with E-state index in [0.717, 1.165) is 12.1 Å². The van der Waals surface area contributed by atoms with E-state index in [0.29, 0.717) is 0 Å². The largest absolute Gasteiger partial charge is 0.392 e. The summed E-state index contributed by atoms with van der Waals surface area (Å²) < 4.78 is 2.25. The number of hydrogen-bond acceptors (Lipinski definition) is 2. The monoisotopic (exact) mass is 235 g/mol. The van der Waals surface area contributed by atoms with Crippen molar-refractivity contribution in [2.75, 3.05) is 12.0 Å². The number of rotatable bonds is 5. The number of aromatic nitrogens is 1. The van der Waals surface area contributed by atoms with Crippen LogP contribution < -0.4 is 0 Å². The topological polar surface area (TPSA) is 25.2 Å². The predicted molar refractivity (Wildman–Crippen MR) is 70.9 cm³/mol. The van der Waals surface area contributed by atoms with Crippen molar-refractivity contribution in [3.8, 4) is 0 Å². The van der Waals surface area contributed by atoms with Crippen LogP contribution in [0.1, 0.15) is 12.0 Å². The fraction of sp³-hybridized carbons (Fsp3) is 0.385. The second kappa shape index (κ2) is 5.41. The standard InChI is InChI=1S/C13H17NOS/c1-16-9-3-7-14-8-6-11-4-2-5-12(10-15)13(11)14/h2,4-6,8,15H,3,7,9-10H2,1H3. The van der Waals surface area contributed by atoms with Crippen molar-refractivity contribution in [3.05, 3.63) is 36.0 Å². The first-order chi connectivity index (χ1) is 7.86. The molecule has 0 atom stereocenters. The van der Waals surface area contributed by atoms with Gasteiger partial charge in [0, 0.05) is 18.3 Å². The maximum atomic E-state index is 9.33. The second-order valence-corrected chi connectivity index (χ2v) is 4.85. The zero-order valence-corrected chi connectivity index (χ0v) is 10.3. The number of para-hydroxylation sites is 1. The molecule has 0 unspecified atom stereocenters. The Hall–Kier alpha value is -0.930. The third-order valence-electron chi connectivity index (χ3n) is 2.79. The van der Waals surface area contributed by atoms with Crippen LogP contribution in [0.3, 0.4) is 0 Å². The van der Waals surface area contributed by atoms with Gasteiger partial charge in [-0.15, -0.1) is 0 Å². The Kier molecular flexibility index (Phi) is 3.91. The number of nitrogens with zero attached hydrogens (tertiary/aromatic N) is 1. The molecule has 0 aliphatic heterocycles. The van der Waals surface area contributed by atoms with Crippen molar-refractivity contribution in [2.45, 2.75) is 19.6 Å². The summed E-state index contributed by atoms with van der Waals surface area (Å²) in [5.41, 5.74) is 2.21. The van der Waals surface area contributed by atoms with Gasteiger partial charge in [0.05, 0.1) is 12.1 Å². The zero-order chi connectivity index (χ0) is 11.4. The van der Waals surface area contributed by atoms with Gasteiger partial charge < -0.3 is 9.67 Å². The molecule has 1 N–H and O–H groups in total. The van der Waals surface area contributed by atoms with Crippen LogP contribution in [0.15, 0.2) is 30.5 Å². The van der Waals surface area contributed by atoms with E-state index >= 15 is 0 Å². The van der Waals surface area contributed by atoms with Crippen molar-refractivity contribution >= 4 is 22.7 Å². The number of benzene rings is 1. The summed E-state index contributed by atoms with van der Waals surface area (Å²) in [5, 5.41) is 10.6. The lowest BCUT2D eigenvalue weighted by Crippen LogP contribution is -1.99. The number of thioether (sulfide) groups is 1. The third-order valence-corrected chi connectivity index (χ3v) is 3.49. The molecule has 0 spiro atoms. The molecule has 3 heteroatoms. The van der Waals surface area contributed by atoms with Crippen LogP contribution in [0.5, 0.6) is 0 Å². The lowest BCUT2D eigenvalue weighted by atomic mass is 10.1. The van der Waals surface area contributed by atoms with Crippen LogP contribution in [0.25, 0.3) is 10.9 Å². The Morgan fingerprint density at radius 3 is 2.94 bits per heavy atom. The Morgan fingerprint density at radius 1 is 1.31 bits per heavy atom. The predicted octanol–water partition coefficient (Wildman–Crippen LogP) is 2.89. The molecule has 1 aromatic carbocycles. The molecule has 0 radical (unpaired) electrons. The highest BCUT2D eigenvalue weighted by atomic mass is 32.2. The molecule has 0 aliphatic rings. The van der Waals surface area contributed by atoms with Crippen LogP contribution in [-0.2, 0) is 13.2 Å². The van der Waals surface area contributed by atoms with E-state index in [9.17, 15) is 5.11 Å². The SMILES string of the molecule is CSCCCn1ccc2cccc(CO)c21. The summed E-state index contributed by atoms with van der Waals surface area (Å²) in [5.74, 6) is 1.18. The summed E-state index contributed by atoms with van der Waals surface area (Å²) in [6.07, 6.45) is 5.42. The summed E-state index contributed by atoms with van der Waals surface area (Å²) in [6.45, 7) is 1.14. The highest BCUT2D eigenvalue weighted by molar-refractivity contribution is 7.98. The van der Waals surface area contributed by atoms with Gasteiger partial charge in [-0.2, -0.15) is 11.8 Å². The number of aryl methyl sites for hydroxylation is 1. The van der Waals surface area contributed by atoms with Crippen molar-refractivity contribution in [1.29, 1.82) is 0 Å². The molecule has 16 heavy (non-hydrogen) atoms. The highest BCUT2D eigenvalue weighted by Crippen LogP contribution is 2.20. The average molecular weight is 235 g/mol. The van der Waals surface area contributed by atoms with Crippen LogP contribution in [-0.4, -0.2) is 21.7 Å². The Labute approximate surface area is 100 Å². The zero-order valence-electron chi connectivity index (χ0n) is 9.52. The molecule has 86 valence electrons. The van der Waals surface area contributed by atoms with Crippen LogP contribution in [0, 0.1) is 0 Å². The van der Waals surface area contributed by atoms with Crippen molar-refractivity contribution < 1.29 is 5.11 Å². The molecule has 2 aromatic rings. The van der Waals surface area contributed by atoms with Crippen molar-refractivity contribution in [1.82, 2.24) is 4.57 Å². The van der Waals surface area contributed by atoms with Gasteiger partial charge in [0.25, 0.3) is 0 Å². The van der Waals surface area contributed by atoms with E-state index in [1.807, 2.05) is 23.9 Å². The lowest BCUT2D eigenvalue weighted by molar-refractivity contribution is 0.283. The second-order valence-electron chi connectivity index (χ2n) is 3.87. The summed E-state index contributed by atoms with van der Waals surface area (Å²) in [6, 6.07) is 8.21. The summed E-state index contributed by atoms with van der Waals surface area (Å²) in [4.78, 5) is 0. The first kappa shape index (κ1) is 11.6. The number of aliphatic hydroxyl groups is 1. The molecule has 0 saturated heterocycles. The molecular weight excluding hydrogens is 218 g/mol. The highest BCUT2D eigenvalue weighted by Gasteiger charge is 2.05. The fourth-order valence-corrected chi connectivity index (χ4v) is 2.45. The van der Waals surface area contributed by atoms with Crippen molar-refractivity contribution in [3.63, 3.8) is 0 Å². The first-order valence-corrected chi connectivity index (χ1v) is 6.92. The van der Waals surface area contributed by atoms with Gasteiger partial charge in [-0.05, 0) is 29.9 Å². The van der Waals surface area contributed by atoms with E-state index in [2.05, 4.69) is 29.2 Å². The molecule has 0 amide bonds. The Morgan fingerprint density at radius 2 is 2.19 bits per heavy atom. The van der Waals surface area contributed by atoms with Crippen molar-refractivity contribution in [2.24, 2.45) is 0 Å². The average Bonchev–Trinajstić information content (AvgIpc) is 2.73. The van der Waals surface area contributed by atoms with Gasteiger partial charge in [-0.3, -0.25) is 0 Å². The summed E-state index contributed by atoms with van der Waals surface area (Å²) in [7, 11) is 0. The lowest BCUT2D eigenvalue weighted by Gasteiger charge is -2.07. The normalized spacial score (nSPS) is 11.1. The minimum Gasteiger partial charge on any atom is -0.392 e. The van der Waals surface area contributed by atoms with Gasteiger partial charge >= 0.3 is 0 Å². The van der Waals surface area contributed by atoms with E-state index in [-0.39, 0.29) is 6.61 Å². The van der Waals surface area contributed by atoms with Gasteiger partial charge in [0.2, 0.25) is 0 Å². The van der Waals surface area contributed by atoms with E-state index in [4.69, 9.17) is 0 Å². The first-order valence-electron chi connectivity index (χ1n) is 5.53. The molecular formula is C13H17NOS. The molecule has 0 saturated carbocycles. The van der Waals surface area contributed by atoms with Gasteiger partial charge in [-0.25, -0.2) is 0 Å². The van der Waals surface area contributed by atoms with Crippen LogP contribution in [0.4, 0.5) is 0 Å². The number of fused-ring (bicyclic) bond motifs is 1. The number of hydrogen-bond donors (Lipinski definition) is 1. The van der Waals surface area contributed by atoms with E-state index in [1.165, 1.54) is 23.1 Å². The third kappa shape index (κ3) is 2.25. The molecule has 1 heterocycles. The van der Waals surface area contributed by atoms with Gasteiger partial charge in [0.15, 0.2) is 0 Å².